The first-order valence-corrected chi connectivity index (χ1v) is 21.7. The average molecular weight is 783 g/mol. The lowest BCUT2D eigenvalue weighted by Crippen LogP contribution is -2.29. The molecule has 0 saturated heterocycles. The van der Waals surface area contributed by atoms with Crippen LogP contribution in [0.3, 0.4) is 0 Å². The van der Waals surface area contributed by atoms with Gasteiger partial charge >= 0.3 is 19.8 Å². The highest BCUT2D eigenvalue weighted by molar-refractivity contribution is 7.47. The van der Waals surface area contributed by atoms with Crippen LogP contribution in [0, 0.1) is 0 Å². The van der Waals surface area contributed by atoms with E-state index in [4.69, 9.17) is 19.1 Å². The van der Waals surface area contributed by atoms with E-state index in [0.29, 0.717) is 19.3 Å². The van der Waals surface area contributed by atoms with E-state index in [-0.39, 0.29) is 25.2 Å². The minimum atomic E-state index is -4.65. The molecule has 0 aliphatic rings. The molecule has 3 N–H and O–H groups in total. The number of aliphatic hydroxyl groups excluding tert-OH is 2. The number of rotatable bonds is 37. The molecule has 0 amide bonds. The van der Waals surface area contributed by atoms with Crippen molar-refractivity contribution in [3.63, 3.8) is 0 Å². The number of ketones is 1. The van der Waals surface area contributed by atoms with Crippen molar-refractivity contribution in [2.24, 2.45) is 0 Å². The maximum absolute atomic E-state index is 12.6. The molecule has 0 aliphatic heterocycles. The molecule has 0 saturated carbocycles. The lowest BCUT2D eigenvalue weighted by Gasteiger charge is -2.20. The van der Waals surface area contributed by atoms with Crippen molar-refractivity contribution in [2.45, 2.75) is 161 Å². The first-order chi connectivity index (χ1) is 26.1. The normalized spacial score (nSPS) is 14.5. The Morgan fingerprint density at radius 2 is 1.13 bits per heavy atom. The van der Waals surface area contributed by atoms with Gasteiger partial charge in [0.15, 0.2) is 11.9 Å². The molecule has 0 heterocycles. The number of allylic oxidation sites excluding steroid dienone is 10. The van der Waals surface area contributed by atoms with Gasteiger partial charge in [-0.25, -0.2) is 4.57 Å². The van der Waals surface area contributed by atoms with E-state index in [1.54, 1.807) is 12.2 Å². The fourth-order valence-electron chi connectivity index (χ4n) is 4.92. The number of esters is 2. The number of ether oxygens (including phenoxy) is 2. The number of hydrogen-bond donors (Lipinski definition) is 3. The zero-order chi connectivity index (χ0) is 40.0. The Labute approximate surface area is 325 Å². The van der Waals surface area contributed by atoms with E-state index in [1.807, 2.05) is 6.08 Å². The Bertz CT molecular complexity index is 1150. The summed E-state index contributed by atoms with van der Waals surface area (Å²) in [6.07, 6.45) is 36.0. The summed E-state index contributed by atoms with van der Waals surface area (Å²) in [6.45, 7) is 2.07. The second kappa shape index (κ2) is 37.3. The van der Waals surface area contributed by atoms with E-state index < -0.39 is 51.8 Å². The first-order valence-electron chi connectivity index (χ1n) is 20.2. The van der Waals surface area contributed by atoms with E-state index in [2.05, 4.69) is 60.9 Å². The van der Waals surface area contributed by atoms with Gasteiger partial charge < -0.3 is 24.6 Å². The molecule has 0 rings (SSSR count). The van der Waals surface area contributed by atoms with Crippen LogP contribution in [0.1, 0.15) is 149 Å². The molecule has 0 bridgehead atoms. The summed E-state index contributed by atoms with van der Waals surface area (Å²) in [6, 6.07) is 0. The summed E-state index contributed by atoms with van der Waals surface area (Å²) in [4.78, 5) is 46.6. The molecule has 0 aromatic carbocycles. The molecule has 3 atom stereocenters. The van der Waals surface area contributed by atoms with Crippen molar-refractivity contribution in [3.8, 4) is 0 Å². The summed E-state index contributed by atoms with van der Waals surface area (Å²) in [5, 5.41) is 18.3. The zero-order valence-corrected chi connectivity index (χ0v) is 34.1. The summed E-state index contributed by atoms with van der Waals surface area (Å²) < 4.78 is 32.5. The number of phosphoric ester groups is 1. The predicted molar refractivity (Wildman–Crippen MR) is 215 cm³/mol. The van der Waals surface area contributed by atoms with Crippen LogP contribution >= 0.6 is 7.82 Å². The van der Waals surface area contributed by atoms with Crippen molar-refractivity contribution >= 4 is 25.5 Å². The fourth-order valence-corrected chi connectivity index (χ4v) is 5.71. The van der Waals surface area contributed by atoms with Gasteiger partial charge in [-0.3, -0.25) is 23.4 Å². The molecule has 0 spiro atoms. The maximum Gasteiger partial charge on any atom is 0.472 e. The van der Waals surface area contributed by atoms with Gasteiger partial charge in [-0.15, -0.1) is 0 Å². The Kier molecular flexibility index (Phi) is 35.4. The van der Waals surface area contributed by atoms with E-state index in [0.717, 1.165) is 83.5 Å². The number of carbonyl (C=O) groups excluding carboxylic acids is 3. The lowest BCUT2D eigenvalue weighted by molar-refractivity contribution is -0.161. The van der Waals surface area contributed by atoms with Crippen molar-refractivity contribution in [1.82, 2.24) is 0 Å². The highest BCUT2D eigenvalue weighted by Gasteiger charge is 2.27. The number of aliphatic hydroxyl groups is 2. The van der Waals surface area contributed by atoms with Gasteiger partial charge in [-0.1, -0.05) is 113 Å². The minimum Gasteiger partial charge on any atom is -0.462 e. The van der Waals surface area contributed by atoms with Crippen LogP contribution in [0.5, 0.6) is 0 Å². The van der Waals surface area contributed by atoms with E-state index in [1.165, 1.54) is 19.3 Å². The molecule has 12 heteroatoms. The summed E-state index contributed by atoms with van der Waals surface area (Å²) >= 11 is 0. The number of carbonyl (C=O) groups is 3. The Morgan fingerprint density at radius 3 is 1.81 bits per heavy atom. The number of hydrogen-bond acceptors (Lipinski definition) is 10. The minimum absolute atomic E-state index is 0.115. The highest BCUT2D eigenvalue weighted by Crippen LogP contribution is 2.43. The Hall–Kier alpha value is -2.66. The standard InChI is InChI=1S/C42H71O11P/c1-3-5-7-8-9-10-11-12-13-14-15-18-22-25-29-33-42(47)53-40(37-52-54(48,49)51-35-39(45)34-43)36-50-41(46)32-28-24-21-19-16-17-20-23-27-31-38(44)30-26-6-4-2/h9-10,12-13,15,18,20,23,27,31,39-40,43,45H,3-8,11,14,16-17,19,21-22,24-26,28-30,32-37H2,1-2H3,(H,48,49)/b10-9-,13-12-,18-15-,23-20-,31-27+/t39-,40+/m0/s1. The van der Waals surface area contributed by atoms with Crippen molar-refractivity contribution in [1.29, 1.82) is 0 Å². The molecule has 1 unspecified atom stereocenters. The van der Waals surface area contributed by atoms with Crippen LogP contribution < -0.4 is 0 Å². The van der Waals surface area contributed by atoms with Crippen LogP contribution in [0.15, 0.2) is 60.8 Å². The highest BCUT2D eigenvalue weighted by atomic mass is 31.2. The SMILES string of the molecule is CCCCC/C=C\C/C=C\C/C=C\CCCCC(=O)O[C@H](COC(=O)CCCCCCC/C=C\C=C\C(=O)CCCCC)COP(=O)(O)OC[C@@H](O)CO. The monoisotopic (exact) mass is 782 g/mol. The second-order valence-corrected chi connectivity index (χ2v) is 14.8. The third-order valence-electron chi connectivity index (χ3n) is 8.12. The van der Waals surface area contributed by atoms with Gasteiger partial charge in [-0.2, -0.15) is 0 Å². The first kappa shape index (κ1) is 51.3. The van der Waals surface area contributed by atoms with Gasteiger partial charge in [0.05, 0.1) is 19.8 Å². The van der Waals surface area contributed by atoms with Crippen LogP contribution in [-0.4, -0.2) is 71.5 Å². The third-order valence-corrected chi connectivity index (χ3v) is 9.07. The maximum atomic E-state index is 12.6. The van der Waals surface area contributed by atoms with Crippen molar-refractivity contribution < 1.29 is 52.6 Å². The van der Waals surface area contributed by atoms with Crippen molar-refractivity contribution in [2.75, 3.05) is 26.4 Å². The topological polar surface area (TPSA) is 166 Å². The molecule has 0 aromatic heterocycles. The predicted octanol–water partition coefficient (Wildman–Crippen LogP) is 9.51. The summed E-state index contributed by atoms with van der Waals surface area (Å²) in [7, 11) is -4.65. The third kappa shape index (κ3) is 36.3. The van der Waals surface area contributed by atoms with Gasteiger partial charge in [0.25, 0.3) is 0 Å². The fraction of sp³-hybridized carbons (Fsp3) is 0.690. The molecule has 0 fully saturated rings. The van der Waals surface area contributed by atoms with Crippen molar-refractivity contribution in [3.05, 3.63) is 60.8 Å². The Balaban J connectivity index is 4.49. The van der Waals surface area contributed by atoms with E-state index >= 15 is 0 Å². The Morgan fingerprint density at radius 1 is 0.611 bits per heavy atom. The molecular weight excluding hydrogens is 711 g/mol. The summed E-state index contributed by atoms with van der Waals surface area (Å²) in [5.41, 5.74) is 0. The second-order valence-electron chi connectivity index (χ2n) is 13.3. The van der Waals surface area contributed by atoms with Gasteiger partial charge in [-0.05, 0) is 76.7 Å². The van der Waals surface area contributed by atoms with Gasteiger partial charge in [0.1, 0.15) is 12.7 Å². The van der Waals surface area contributed by atoms with Crippen LogP contribution in [0.2, 0.25) is 0 Å². The molecule has 11 nitrogen and oxygen atoms in total. The molecule has 310 valence electrons. The van der Waals surface area contributed by atoms with Gasteiger partial charge in [0.2, 0.25) is 0 Å². The smallest absolute Gasteiger partial charge is 0.462 e. The van der Waals surface area contributed by atoms with E-state index in [9.17, 15) is 28.9 Å². The zero-order valence-electron chi connectivity index (χ0n) is 33.2. The molecule has 0 radical (unpaired) electrons. The average Bonchev–Trinajstić information content (AvgIpc) is 3.15. The summed E-state index contributed by atoms with van der Waals surface area (Å²) in [5.74, 6) is -0.875. The van der Waals surface area contributed by atoms with Crippen LogP contribution in [0.4, 0.5) is 0 Å². The molecule has 0 aliphatic carbocycles. The quantitative estimate of drug-likeness (QED) is 0.0137. The molecule has 0 aromatic rings. The number of unbranched alkanes of at least 4 members (excludes halogenated alkanes) is 12. The largest absolute Gasteiger partial charge is 0.472 e. The number of phosphoric acid groups is 1. The lowest BCUT2D eigenvalue weighted by atomic mass is 10.1. The molecular formula is C42H71O11P. The van der Waals surface area contributed by atoms with Crippen LogP contribution in [0.25, 0.3) is 0 Å². The molecule has 54 heavy (non-hydrogen) atoms. The van der Waals surface area contributed by atoms with Gasteiger partial charge in [0, 0.05) is 19.3 Å². The van der Waals surface area contributed by atoms with Crippen LogP contribution in [-0.2, 0) is 37.5 Å².